The number of halogens is 3. The van der Waals surface area contributed by atoms with Crippen LogP contribution in [0, 0.1) is 0 Å². The van der Waals surface area contributed by atoms with Crippen molar-refractivity contribution in [3.63, 3.8) is 0 Å². The maximum atomic E-state index is 12.9. The molecule has 0 aliphatic carbocycles. The molecule has 0 spiro atoms. The number of amides is 2. The summed E-state index contributed by atoms with van der Waals surface area (Å²) in [5.74, 6) is 0.246. The lowest BCUT2D eigenvalue weighted by Gasteiger charge is -2.34. The molecule has 1 aromatic heterocycles. The van der Waals surface area contributed by atoms with Gasteiger partial charge in [-0.15, -0.1) is 0 Å². The van der Waals surface area contributed by atoms with Crippen LogP contribution in [-0.2, 0) is 10.9 Å². The summed E-state index contributed by atoms with van der Waals surface area (Å²) in [4.78, 5) is 33.0. The molecule has 4 rings (SSSR count). The number of ether oxygens (including phenoxy) is 2. The molecule has 1 aromatic carbocycles. The lowest BCUT2D eigenvalue weighted by atomic mass is 10.0. The first-order valence-electron chi connectivity index (χ1n) is 13.2. The normalized spacial score (nSPS) is 17.6. The number of benzene rings is 1. The number of nitrogens with zero attached hydrogens (tertiary/aromatic N) is 3. The van der Waals surface area contributed by atoms with Crippen molar-refractivity contribution in [1.82, 2.24) is 15.2 Å². The molecule has 2 fully saturated rings. The number of carbonyl (C=O) groups excluding carboxylic acids is 2. The van der Waals surface area contributed by atoms with Crippen molar-refractivity contribution >= 4 is 17.7 Å². The first-order chi connectivity index (χ1) is 18.4. The van der Waals surface area contributed by atoms with Crippen molar-refractivity contribution in [2.45, 2.75) is 70.4 Å². The van der Waals surface area contributed by atoms with Gasteiger partial charge in [0.25, 0.3) is 5.91 Å². The van der Waals surface area contributed by atoms with Crippen LogP contribution in [0.3, 0.4) is 0 Å². The lowest BCUT2D eigenvalue weighted by Crippen LogP contribution is -2.47. The molecule has 2 saturated heterocycles. The highest BCUT2D eigenvalue weighted by atomic mass is 19.4. The number of likely N-dealkylation sites (tertiary alicyclic amines) is 1. The number of hydrogen-bond donors (Lipinski definition) is 1. The third-order valence-electron chi connectivity index (χ3n) is 6.76. The van der Waals surface area contributed by atoms with Gasteiger partial charge in [-0.05, 0) is 63.9 Å². The van der Waals surface area contributed by atoms with Crippen LogP contribution >= 0.6 is 0 Å². The molecule has 8 nitrogen and oxygen atoms in total. The zero-order valence-electron chi connectivity index (χ0n) is 22.5. The summed E-state index contributed by atoms with van der Waals surface area (Å²) in [6.45, 7) is 7.79. The Bertz CT molecular complexity index is 1130. The minimum absolute atomic E-state index is 0.0599. The van der Waals surface area contributed by atoms with Crippen molar-refractivity contribution in [3.8, 4) is 5.75 Å². The van der Waals surface area contributed by atoms with Gasteiger partial charge in [0.05, 0.1) is 17.3 Å². The predicted molar refractivity (Wildman–Crippen MR) is 140 cm³/mol. The Kier molecular flexibility index (Phi) is 8.56. The standard InChI is InChI=1S/C28H35F3N4O4/c1-27(2,3)39-26(37)35-12-8-21(9-13-35)33-25(36)19-16-24(18-32-17-19)38-23-10-14-34(15-11-23)22-6-4-20(5-7-22)28(29,30)31/h4-7,16-18,21,23H,8-15H2,1-3H3,(H,33,36). The highest BCUT2D eigenvalue weighted by Gasteiger charge is 2.31. The fourth-order valence-electron chi connectivity index (χ4n) is 4.69. The van der Waals surface area contributed by atoms with E-state index in [1.807, 2.05) is 25.7 Å². The molecule has 39 heavy (non-hydrogen) atoms. The van der Waals surface area contributed by atoms with Crippen LogP contribution in [0.2, 0.25) is 0 Å². The third-order valence-corrected chi connectivity index (χ3v) is 6.76. The SMILES string of the molecule is CC(C)(C)OC(=O)N1CCC(NC(=O)c2cncc(OC3CCN(c4ccc(C(F)(F)F)cc4)CC3)c2)CC1. The number of alkyl halides is 3. The van der Waals surface area contributed by atoms with Gasteiger partial charge in [0.1, 0.15) is 17.5 Å². The average Bonchev–Trinajstić information content (AvgIpc) is 2.88. The van der Waals surface area contributed by atoms with Crippen LogP contribution in [0.25, 0.3) is 0 Å². The second-order valence-electron chi connectivity index (χ2n) is 11.0. The molecule has 2 aliphatic heterocycles. The first-order valence-corrected chi connectivity index (χ1v) is 13.2. The summed E-state index contributed by atoms with van der Waals surface area (Å²) in [6, 6.07) is 6.81. The molecule has 0 unspecified atom stereocenters. The van der Waals surface area contributed by atoms with Crippen molar-refractivity contribution in [1.29, 1.82) is 0 Å². The van der Waals surface area contributed by atoms with Gasteiger partial charge in [0.2, 0.25) is 0 Å². The Labute approximate surface area is 226 Å². The van der Waals surface area contributed by atoms with Gasteiger partial charge in [-0.1, -0.05) is 0 Å². The van der Waals surface area contributed by atoms with Crippen LogP contribution < -0.4 is 15.0 Å². The predicted octanol–water partition coefficient (Wildman–Crippen LogP) is 5.28. The lowest BCUT2D eigenvalue weighted by molar-refractivity contribution is -0.137. The molecule has 0 atom stereocenters. The maximum absolute atomic E-state index is 12.9. The Morgan fingerprint density at radius 3 is 2.18 bits per heavy atom. The second kappa shape index (κ2) is 11.7. The van der Waals surface area contributed by atoms with Crippen LogP contribution in [-0.4, -0.2) is 65.8 Å². The monoisotopic (exact) mass is 548 g/mol. The number of pyridine rings is 1. The highest BCUT2D eigenvalue weighted by molar-refractivity contribution is 5.94. The van der Waals surface area contributed by atoms with Gasteiger partial charge < -0.3 is 24.6 Å². The van der Waals surface area contributed by atoms with Crippen LogP contribution in [0.1, 0.15) is 62.4 Å². The minimum atomic E-state index is -4.35. The summed E-state index contributed by atoms with van der Waals surface area (Å²) >= 11 is 0. The number of aromatic nitrogens is 1. The van der Waals surface area contributed by atoms with E-state index in [2.05, 4.69) is 10.3 Å². The molecular weight excluding hydrogens is 513 g/mol. The molecule has 1 N–H and O–H groups in total. The number of rotatable bonds is 5. The van der Waals surface area contributed by atoms with Crippen LogP contribution in [0.5, 0.6) is 5.75 Å². The highest BCUT2D eigenvalue weighted by Crippen LogP contribution is 2.31. The van der Waals surface area contributed by atoms with Crippen LogP contribution in [0.4, 0.5) is 23.7 Å². The van der Waals surface area contributed by atoms with Gasteiger partial charge in [-0.25, -0.2) is 4.79 Å². The van der Waals surface area contributed by atoms with Gasteiger partial charge in [0.15, 0.2) is 0 Å². The molecular formula is C28H35F3N4O4. The number of piperidine rings is 2. The minimum Gasteiger partial charge on any atom is -0.489 e. The van der Waals surface area contributed by atoms with E-state index in [1.54, 1.807) is 17.2 Å². The van der Waals surface area contributed by atoms with Crippen molar-refractivity contribution in [3.05, 3.63) is 53.9 Å². The van der Waals surface area contributed by atoms with Crippen molar-refractivity contribution < 1.29 is 32.2 Å². The molecule has 2 amide bonds. The molecule has 0 saturated carbocycles. The number of anilines is 1. The quantitative estimate of drug-likeness (QED) is 0.548. The zero-order valence-corrected chi connectivity index (χ0v) is 22.5. The van der Waals surface area contributed by atoms with E-state index in [9.17, 15) is 22.8 Å². The van der Waals surface area contributed by atoms with Crippen LogP contribution in [0.15, 0.2) is 42.7 Å². The Morgan fingerprint density at radius 2 is 1.59 bits per heavy atom. The smallest absolute Gasteiger partial charge is 0.416 e. The summed E-state index contributed by atoms with van der Waals surface area (Å²) in [5.41, 5.74) is -0.0687. The van der Waals surface area contributed by atoms with Gasteiger partial charge in [0, 0.05) is 56.9 Å². The maximum Gasteiger partial charge on any atom is 0.416 e. The van der Waals surface area contributed by atoms with E-state index in [4.69, 9.17) is 9.47 Å². The average molecular weight is 549 g/mol. The molecule has 0 radical (unpaired) electrons. The van der Waals surface area contributed by atoms with E-state index in [0.717, 1.165) is 17.8 Å². The van der Waals surface area contributed by atoms with Crippen molar-refractivity contribution in [2.75, 3.05) is 31.1 Å². The molecule has 0 bridgehead atoms. The number of hydrogen-bond acceptors (Lipinski definition) is 6. The van der Waals surface area contributed by atoms with Gasteiger partial charge >= 0.3 is 12.3 Å². The molecule has 212 valence electrons. The summed E-state index contributed by atoms with van der Waals surface area (Å²) in [5, 5.41) is 3.02. The fourth-order valence-corrected chi connectivity index (χ4v) is 4.69. The summed E-state index contributed by atoms with van der Waals surface area (Å²) in [7, 11) is 0. The third kappa shape index (κ3) is 8.00. The van der Waals surface area contributed by atoms with E-state index in [-0.39, 0.29) is 24.1 Å². The first kappa shape index (κ1) is 28.5. The fraction of sp³-hybridized carbons (Fsp3) is 0.536. The summed E-state index contributed by atoms with van der Waals surface area (Å²) in [6.07, 6.45) is 0.918. The van der Waals surface area contributed by atoms with E-state index >= 15 is 0 Å². The van der Waals surface area contributed by atoms with Gasteiger partial charge in [-0.2, -0.15) is 13.2 Å². The Morgan fingerprint density at radius 1 is 0.949 bits per heavy atom. The van der Waals surface area contributed by atoms with Crippen molar-refractivity contribution in [2.24, 2.45) is 0 Å². The molecule has 11 heteroatoms. The Hall–Kier alpha value is -3.50. The molecule has 2 aromatic rings. The Balaban J connectivity index is 1.24. The number of carbonyl (C=O) groups is 2. The number of nitrogens with one attached hydrogen (secondary N) is 1. The topological polar surface area (TPSA) is 84.0 Å². The van der Waals surface area contributed by atoms with E-state index in [1.165, 1.54) is 18.3 Å². The molecule has 3 heterocycles. The van der Waals surface area contributed by atoms with E-state index in [0.29, 0.717) is 63.2 Å². The van der Waals surface area contributed by atoms with E-state index < -0.39 is 17.3 Å². The largest absolute Gasteiger partial charge is 0.489 e. The zero-order chi connectivity index (χ0) is 28.2. The molecule has 2 aliphatic rings. The van der Waals surface area contributed by atoms with Gasteiger partial charge in [-0.3, -0.25) is 9.78 Å². The second-order valence-corrected chi connectivity index (χ2v) is 11.0. The summed E-state index contributed by atoms with van der Waals surface area (Å²) < 4.78 is 50.0.